The minimum atomic E-state index is -1.67. The number of carbonyl (C=O) groups is 1. The summed E-state index contributed by atoms with van der Waals surface area (Å²) in [5.74, 6) is 1.38. The van der Waals surface area contributed by atoms with Gasteiger partial charge in [-0.15, -0.1) is 0 Å². The SMILES string of the molecule is COc1ccc(C(OC[C@H]2CC(OP(OCCC#N)N(C(C)C)C(C)C)[C@@H](n3cnc4c(NC(=O)c5ccccc5)ncnc43)O2)(c2ccccc2)c2ccc(OC)cc2)cc1. The molecule has 3 heterocycles. The molecule has 1 amide bonds. The molecule has 0 spiro atoms. The van der Waals surface area contributed by atoms with Gasteiger partial charge in [0.15, 0.2) is 23.2 Å². The van der Waals surface area contributed by atoms with Crippen LogP contribution in [0.3, 0.4) is 0 Å². The van der Waals surface area contributed by atoms with Crippen LogP contribution < -0.4 is 14.8 Å². The third-order valence-corrected chi connectivity index (χ3v) is 12.7. The van der Waals surface area contributed by atoms with Gasteiger partial charge in [-0.3, -0.25) is 9.36 Å². The zero-order valence-electron chi connectivity index (χ0n) is 35.8. The van der Waals surface area contributed by atoms with Gasteiger partial charge in [-0.1, -0.05) is 72.8 Å². The second kappa shape index (κ2) is 20.4. The molecule has 6 aromatic rings. The van der Waals surface area contributed by atoms with Crippen molar-refractivity contribution in [2.75, 3.05) is 32.8 Å². The molecule has 1 N–H and O–H groups in total. The van der Waals surface area contributed by atoms with Gasteiger partial charge in [-0.05, 0) is 80.8 Å². The van der Waals surface area contributed by atoms with Gasteiger partial charge in [-0.25, -0.2) is 19.6 Å². The van der Waals surface area contributed by atoms with Crippen molar-refractivity contribution in [2.45, 2.75) is 76.7 Å². The van der Waals surface area contributed by atoms with Crippen molar-refractivity contribution in [3.63, 3.8) is 0 Å². The number of fused-ring (bicyclic) bond motifs is 1. The van der Waals surface area contributed by atoms with Gasteiger partial charge in [0.05, 0.1) is 52.4 Å². The van der Waals surface area contributed by atoms with Crippen LogP contribution in [0.1, 0.15) is 73.8 Å². The highest BCUT2D eigenvalue weighted by Gasteiger charge is 2.45. The standard InChI is InChI=1S/C47H52N7O7P/c1-32(2)54(33(3)4)62(59-27-13-26-48)61-41-28-40(60-46(41)53-31-51-42-43(49-30-50-44(42)53)52-45(55)34-14-9-7-10-15-34)29-58-47(35-16-11-8-12-17-35,36-18-22-38(56-5)23-19-36)37-20-24-39(57-6)25-21-37/h7-12,14-25,30-33,40-41,46H,13,27-29H2,1-6H3,(H,49,50,52,55)/t40-,41?,46+,62?/m1/s1. The largest absolute Gasteiger partial charge is 0.497 e. The summed E-state index contributed by atoms with van der Waals surface area (Å²) >= 11 is 0. The Morgan fingerprint density at radius 1 is 0.871 bits per heavy atom. The van der Waals surface area contributed by atoms with Gasteiger partial charge in [0, 0.05) is 24.1 Å². The molecule has 0 bridgehead atoms. The van der Waals surface area contributed by atoms with E-state index in [0.717, 1.165) is 28.2 Å². The van der Waals surface area contributed by atoms with Crippen LogP contribution in [0.2, 0.25) is 0 Å². The van der Waals surface area contributed by atoms with Crippen LogP contribution in [0.15, 0.2) is 122 Å². The van der Waals surface area contributed by atoms with Gasteiger partial charge < -0.3 is 33.3 Å². The van der Waals surface area contributed by atoms with Gasteiger partial charge in [0.1, 0.15) is 29.5 Å². The molecule has 0 saturated carbocycles. The summed E-state index contributed by atoms with van der Waals surface area (Å²) in [6, 6.07) is 37.1. The van der Waals surface area contributed by atoms with E-state index in [1.54, 1.807) is 44.8 Å². The molecule has 322 valence electrons. The number of carbonyl (C=O) groups excluding carboxylic acids is 1. The third-order valence-electron chi connectivity index (χ3n) is 10.6. The predicted molar refractivity (Wildman–Crippen MR) is 237 cm³/mol. The lowest BCUT2D eigenvalue weighted by Crippen LogP contribution is -2.36. The van der Waals surface area contributed by atoms with E-state index >= 15 is 0 Å². The zero-order chi connectivity index (χ0) is 43.6. The number of benzene rings is 4. The summed E-state index contributed by atoms with van der Waals surface area (Å²) < 4.78 is 42.8. The number of methoxy groups -OCH3 is 2. The lowest BCUT2D eigenvalue weighted by Gasteiger charge is -2.37. The molecule has 14 nitrogen and oxygen atoms in total. The Bertz CT molecular complexity index is 2360. The maximum Gasteiger partial charge on any atom is 0.259 e. The summed E-state index contributed by atoms with van der Waals surface area (Å²) in [5.41, 5.74) is 2.92. The summed E-state index contributed by atoms with van der Waals surface area (Å²) in [4.78, 5) is 26.9. The Morgan fingerprint density at radius 2 is 1.47 bits per heavy atom. The monoisotopic (exact) mass is 857 g/mol. The third kappa shape index (κ3) is 9.64. The molecule has 15 heteroatoms. The van der Waals surface area contributed by atoms with Crippen molar-refractivity contribution < 1.29 is 32.8 Å². The van der Waals surface area contributed by atoms with Gasteiger partial charge >= 0.3 is 0 Å². The number of hydrogen-bond donors (Lipinski definition) is 1. The van der Waals surface area contributed by atoms with Gasteiger partial charge in [0.2, 0.25) is 0 Å². The Kier molecular flexibility index (Phi) is 14.6. The number of nitrogens with zero attached hydrogens (tertiary/aromatic N) is 6. The lowest BCUT2D eigenvalue weighted by molar-refractivity contribution is -0.0839. The number of amides is 1. The van der Waals surface area contributed by atoms with E-state index in [9.17, 15) is 10.1 Å². The first-order valence-corrected chi connectivity index (χ1v) is 21.7. The molecule has 4 aromatic carbocycles. The quantitative estimate of drug-likeness (QED) is 0.0469. The lowest BCUT2D eigenvalue weighted by atomic mass is 9.80. The van der Waals surface area contributed by atoms with Crippen LogP contribution in [-0.4, -0.2) is 81.8 Å². The minimum absolute atomic E-state index is 0.0705. The number of nitriles is 1. The second-order valence-corrected chi connectivity index (χ2v) is 16.7. The summed E-state index contributed by atoms with van der Waals surface area (Å²) in [7, 11) is 1.62. The van der Waals surface area contributed by atoms with Crippen LogP contribution in [0.4, 0.5) is 5.82 Å². The van der Waals surface area contributed by atoms with Crippen LogP contribution >= 0.6 is 8.53 Å². The highest BCUT2D eigenvalue weighted by Crippen LogP contribution is 2.51. The first-order valence-electron chi connectivity index (χ1n) is 20.6. The number of imidazole rings is 1. The fourth-order valence-electron chi connectivity index (χ4n) is 7.76. The van der Waals surface area contributed by atoms with Crippen molar-refractivity contribution in [3.05, 3.63) is 144 Å². The molecule has 1 aliphatic rings. The number of ether oxygens (including phenoxy) is 4. The van der Waals surface area contributed by atoms with Gasteiger partial charge in [-0.2, -0.15) is 5.26 Å². The zero-order valence-corrected chi connectivity index (χ0v) is 36.6. The Balaban J connectivity index is 1.27. The molecular weight excluding hydrogens is 806 g/mol. The molecule has 1 saturated heterocycles. The Morgan fingerprint density at radius 3 is 2.05 bits per heavy atom. The molecule has 1 aliphatic heterocycles. The molecule has 0 radical (unpaired) electrons. The second-order valence-electron chi connectivity index (χ2n) is 15.3. The van der Waals surface area contributed by atoms with Crippen molar-refractivity contribution in [1.82, 2.24) is 24.2 Å². The topological polar surface area (TPSA) is 155 Å². The number of hydrogen-bond acceptors (Lipinski definition) is 12. The molecule has 0 aliphatic carbocycles. The number of anilines is 1. The van der Waals surface area contributed by atoms with Crippen molar-refractivity contribution >= 4 is 31.4 Å². The highest BCUT2D eigenvalue weighted by molar-refractivity contribution is 7.44. The van der Waals surface area contributed by atoms with E-state index in [1.165, 1.54) is 6.33 Å². The normalized spacial score (nSPS) is 17.1. The fourth-order valence-corrected chi connectivity index (χ4v) is 9.49. The first kappa shape index (κ1) is 44.3. The van der Waals surface area contributed by atoms with E-state index < -0.39 is 32.6 Å². The van der Waals surface area contributed by atoms with Crippen LogP contribution in [0.25, 0.3) is 11.2 Å². The van der Waals surface area contributed by atoms with E-state index in [0.29, 0.717) is 23.1 Å². The molecule has 2 unspecified atom stereocenters. The Hall–Kier alpha value is -5.78. The number of nitrogens with one attached hydrogen (secondary N) is 1. The van der Waals surface area contributed by atoms with E-state index in [2.05, 4.69) is 65.9 Å². The smallest absolute Gasteiger partial charge is 0.259 e. The molecule has 7 rings (SSSR count). The Labute approximate surface area is 363 Å². The average molecular weight is 858 g/mol. The van der Waals surface area contributed by atoms with Crippen LogP contribution in [-0.2, 0) is 24.1 Å². The van der Waals surface area contributed by atoms with E-state index in [-0.39, 0.29) is 43.4 Å². The van der Waals surface area contributed by atoms with Crippen LogP contribution in [0.5, 0.6) is 11.5 Å². The molecule has 62 heavy (non-hydrogen) atoms. The molecule has 2 aromatic heterocycles. The maximum atomic E-state index is 13.2. The van der Waals surface area contributed by atoms with Crippen LogP contribution in [0, 0.1) is 11.3 Å². The molecule has 4 atom stereocenters. The van der Waals surface area contributed by atoms with E-state index in [4.69, 9.17) is 33.0 Å². The summed E-state index contributed by atoms with van der Waals surface area (Å²) in [6.45, 7) is 8.74. The molecular formula is C47H52N7O7P. The van der Waals surface area contributed by atoms with Crippen molar-refractivity contribution in [1.29, 1.82) is 5.26 Å². The number of rotatable bonds is 19. The van der Waals surface area contributed by atoms with E-state index in [1.807, 2.05) is 77.4 Å². The highest BCUT2D eigenvalue weighted by atomic mass is 31.2. The maximum absolute atomic E-state index is 13.2. The first-order chi connectivity index (χ1) is 30.2. The predicted octanol–water partition coefficient (Wildman–Crippen LogP) is 9.05. The summed E-state index contributed by atoms with van der Waals surface area (Å²) in [6.07, 6.45) is 1.82. The minimum Gasteiger partial charge on any atom is -0.497 e. The van der Waals surface area contributed by atoms with Gasteiger partial charge in [0.25, 0.3) is 14.4 Å². The average Bonchev–Trinajstić information content (AvgIpc) is 3.91. The van der Waals surface area contributed by atoms with Crippen molar-refractivity contribution in [3.8, 4) is 17.6 Å². The summed E-state index contributed by atoms with van der Waals surface area (Å²) in [5, 5.41) is 12.3. The fraction of sp³-hybridized carbons (Fsp3) is 0.340. The molecule has 1 fully saturated rings. The van der Waals surface area contributed by atoms with Crippen molar-refractivity contribution in [2.24, 2.45) is 0 Å². The number of aromatic nitrogens is 4.